The van der Waals surface area contributed by atoms with E-state index in [0.29, 0.717) is 0 Å². The molecule has 0 N–H and O–H groups in total. The number of thiophene rings is 1. The average molecular weight is 388 g/mol. The molecule has 0 bridgehead atoms. The molecule has 0 amide bonds. The van der Waals surface area contributed by atoms with Gasteiger partial charge in [0.15, 0.2) is 0 Å². The van der Waals surface area contributed by atoms with Crippen LogP contribution in [0.2, 0.25) is 0 Å². The molecule has 0 atom stereocenters. The minimum absolute atomic E-state index is 0.275. The summed E-state index contributed by atoms with van der Waals surface area (Å²) in [4.78, 5) is 0. The zero-order chi connectivity index (χ0) is 13.4. The molecular formula is C18H12STe. The van der Waals surface area contributed by atoms with Crippen molar-refractivity contribution in [2.45, 2.75) is 0 Å². The molecular weight excluding hydrogens is 376 g/mol. The van der Waals surface area contributed by atoms with Gasteiger partial charge in [-0.1, -0.05) is 0 Å². The van der Waals surface area contributed by atoms with Gasteiger partial charge in [0.1, 0.15) is 0 Å². The molecule has 0 fully saturated rings. The number of hydrogen-bond donors (Lipinski definition) is 0. The quantitative estimate of drug-likeness (QED) is 0.460. The molecule has 0 unspecified atom stereocenters. The van der Waals surface area contributed by atoms with Crippen molar-refractivity contribution in [2.24, 2.45) is 0 Å². The van der Waals surface area contributed by atoms with Gasteiger partial charge in [-0.15, -0.1) is 0 Å². The SMILES string of the molecule is c1ccc([Te]c2ccc3sc4ccccc4c3c2)cc1. The molecule has 0 saturated heterocycles. The number of fused-ring (bicyclic) bond motifs is 3. The summed E-state index contributed by atoms with van der Waals surface area (Å²) < 4.78 is 5.80. The summed E-state index contributed by atoms with van der Waals surface area (Å²) >= 11 is 1.62. The Morgan fingerprint density at radius 3 is 2.25 bits per heavy atom. The molecule has 96 valence electrons. The molecule has 20 heavy (non-hydrogen) atoms. The predicted molar refractivity (Wildman–Crippen MR) is 90.8 cm³/mol. The van der Waals surface area contributed by atoms with E-state index in [1.165, 1.54) is 27.4 Å². The van der Waals surface area contributed by atoms with E-state index in [9.17, 15) is 0 Å². The summed E-state index contributed by atoms with van der Waals surface area (Å²) in [6.07, 6.45) is 0. The molecule has 4 aromatic rings. The molecule has 0 nitrogen and oxygen atoms in total. The third kappa shape index (κ3) is 2.25. The summed E-state index contributed by atoms with van der Waals surface area (Å²) in [5, 5.41) is 2.82. The van der Waals surface area contributed by atoms with Crippen molar-refractivity contribution in [3.63, 3.8) is 0 Å². The zero-order valence-corrected chi connectivity index (χ0v) is 13.9. The Morgan fingerprint density at radius 1 is 0.600 bits per heavy atom. The van der Waals surface area contributed by atoms with Gasteiger partial charge in [-0.3, -0.25) is 0 Å². The Kier molecular flexibility index (Phi) is 3.24. The summed E-state index contributed by atoms with van der Waals surface area (Å²) in [6.45, 7) is 0. The molecule has 0 radical (unpaired) electrons. The van der Waals surface area contributed by atoms with Crippen LogP contribution in [-0.2, 0) is 0 Å². The maximum atomic E-state index is 2.41. The van der Waals surface area contributed by atoms with Crippen LogP contribution in [0.4, 0.5) is 0 Å². The fourth-order valence-corrected chi connectivity index (χ4v) is 5.99. The van der Waals surface area contributed by atoms with Gasteiger partial charge in [0.2, 0.25) is 0 Å². The van der Waals surface area contributed by atoms with Crippen molar-refractivity contribution in [1.29, 1.82) is 0 Å². The van der Waals surface area contributed by atoms with Crippen molar-refractivity contribution in [3.8, 4) is 0 Å². The first-order valence-corrected chi connectivity index (χ1v) is 9.69. The van der Waals surface area contributed by atoms with Crippen LogP contribution in [0.3, 0.4) is 0 Å². The monoisotopic (exact) mass is 390 g/mol. The molecule has 4 rings (SSSR count). The predicted octanol–water partition coefficient (Wildman–Crippen LogP) is 3.71. The summed E-state index contributed by atoms with van der Waals surface area (Å²) in [5.74, 6) is 0. The molecule has 0 saturated carbocycles. The van der Waals surface area contributed by atoms with Gasteiger partial charge in [-0.25, -0.2) is 0 Å². The molecule has 2 heteroatoms. The van der Waals surface area contributed by atoms with Crippen LogP contribution < -0.4 is 7.22 Å². The fourth-order valence-electron chi connectivity index (χ4n) is 2.39. The second-order valence-corrected chi connectivity index (χ2v) is 9.03. The maximum absolute atomic E-state index is 2.41. The molecule has 0 spiro atoms. The Hall–Kier alpha value is -1.33. The number of hydrogen-bond acceptors (Lipinski definition) is 1. The first-order chi connectivity index (χ1) is 9.90. The topological polar surface area (TPSA) is 0 Å². The summed E-state index contributed by atoms with van der Waals surface area (Å²) in [6, 6.07) is 26.6. The molecule has 3 aromatic carbocycles. The van der Waals surface area contributed by atoms with E-state index in [2.05, 4.69) is 72.8 Å². The van der Waals surface area contributed by atoms with Gasteiger partial charge in [-0.2, -0.15) is 0 Å². The van der Waals surface area contributed by atoms with E-state index in [1.54, 1.807) is 0 Å². The molecule has 1 aromatic heterocycles. The summed E-state index contributed by atoms with van der Waals surface area (Å²) in [7, 11) is 0. The van der Waals surface area contributed by atoms with Crippen molar-refractivity contribution < 1.29 is 0 Å². The Balaban J connectivity index is 1.83. The van der Waals surface area contributed by atoms with Crippen LogP contribution in [0.1, 0.15) is 0 Å². The molecule has 1 heterocycles. The second-order valence-electron chi connectivity index (χ2n) is 4.67. The van der Waals surface area contributed by atoms with Gasteiger partial charge in [-0.05, 0) is 0 Å². The first-order valence-electron chi connectivity index (χ1n) is 6.54. The van der Waals surface area contributed by atoms with E-state index >= 15 is 0 Å². The van der Waals surface area contributed by atoms with E-state index in [1.807, 2.05) is 11.3 Å². The van der Waals surface area contributed by atoms with E-state index < -0.39 is 0 Å². The van der Waals surface area contributed by atoms with Crippen LogP contribution in [0.5, 0.6) is 0 Å². The Morgan fingerprint density at radius 2 is 1.35 bits per heavy atom. The number of benzene rings is 3. The van der Waals surface area contributed by atoms with Crippen molar-refractivity contribution in [1.82, 2.24) is 0 Å². The van der Waals surface area contributed by atoms with Crippen LogP contribution in [0.25, 0.3) is 20.2 Å². The van der Waals surface area contributed by atoms with Gasteiger partial charge >= 0.3 is 132 Å². The Bertz CT molecular complexity index is 878. The standard InChI is InChI=1S/C18H12STe/c1-2-6-13(7-3-1)20-14-10-11-18-16(12-14)15-8-4-5-9-17(15)19-18/h1-12H. The van der Waals surface area contributed by atoms with Gasteiger partial charge in [0, 0.05) is 0 Å². The van der Waals surface area contributed by atoms with Crippen LogP contribution in [0, 0.1) is 0 Å². The van der Waals surface area contributed by atoms with Gasteiger partial charge in [0.05, 0.1) is 0 Å². The minimum atomic E-state index is -0.275. The van der Waals surface area contributed by atoms with E-state index in [-0.39, 0.29) is 20.9 Å². The molecule has 0 aliphatic heterocycles. The molecule has 0 aliphatic carbocycles. The second kappa shape index (κ2) is 5.22. The zero-order valence-electron chi connectivity index (χ0n) is 10.7. The molecule has 0 aliphatic rings. The average Bonchev–Trinajstić information content (AvgIpc) is 2.86. The third-order valence-electron chi connectivity index (χ3n) is 3.33. The van der Waals surface area contributed by atoms with E-state index in [0.717, 1.165) is 0 Å². The normalized spacial score (nSPS) is 11.2. The third-order valence-corrected chi connectivity index (χ3v) is 7.33. The van der Waals surface area contributed by atoms with Gasteiger partial charge < -0.3 is 0 Å². The van der Waals surface area contributed by atoms with Crippen LogP contribution >= 0.6 is 11.3 Å². The van der Waals surface area contributed by atoms with Crippen molar-refractivity contribution in [2.75, 3.05) is 0 Å². The Labute approximate surface area is 132 Å². The van der Waals surface area contributed by atoms with Crippen LogP contribution in [-0.4, -0.2) is 20.9 Å². The van der Waals surface area contributed by atoms with Crippen LogP contribution in [0.15, 0.2) is 72.8 Å². The van der Waals surface area contributed by atoms with Crippen molar-refractivity contribution >= 4 is 59.7 Å². The first kappa shape index (κ1) is 12.4. The van der Waals surface area contributed by atoms with Crippen molar-refractivity contribution in [3.05, 3.63) is 72.8 Å². The number of rotatable bonds is 2. The summed E-state index contributed by atoms with van der Waals surface area (Å²) in [5.41, 5.74) is 0. The fraction of sp³-hybridized carbons (Fsp3) is 0. The van der Waals surface area contributed by atoms with Gasteiger partial charge in [0.25, 0.3) is 0 Å². The van der Waals surface area contributed by atoms with E-state index in [4.69, 9.17) is 0 Å².